The van der Waals surface area contributed by atoms with Crippen LogP contribution in [0.1, 0.15) is 13.8 Å². The monoisotopic (exact) mass is 237 g/mol. The summed E-state index contributed by atoms with van der Waals surface area (Å²) in [7, 11) is 0. The number of anilines is 1. The lowest BCUT2D eigenvalue weighted by molar-refractivity contribution is -0.139. The molecule has 5 nitrogen and oxygen atoms in total. The van der Waals surface area contributed by atoms with E-state index in [1.165, 1.54) is 0 Å². The highest BCUT2D eigenvalue weighted by Crippen LogP contribution is 2.24. The van der Waals surface area contributed by atoms with Crippen LogP contribution in [0.3, 0.4) is 0 Å². The van der Waals surface area contributed by atoms with Crippen molar-refractivity contribution < 1.29 is 19.4 Å². The van der Waals surface area contributed by atoms with E-state index >= 15 is 0 Å². The minimum atomic E-state index is -1.06. The van der Waals surface area contributed by atoms with E-state index in [9.17, 15) is 9.59 Å². The van der Waals surface area contributed by atoms with Crippen LogP contribution in [0.2, 0.25) is 0 Å². The summed E-state index contributed by atoms with van der Waals surface area (Å²) in [6.45, 7) is 3.11. The van der Waals surface area contributed by atoms with Gasteiger partial charge in [0.25, 0.3) is 0 Å². The fourth-order valence-electron chi connectivity index (χ4n) is 1.11. The molecule has 0 saturated heterocycles. The van der Waals surface area contributed by atoms with E-state index in [4.69, 9.17) is 9.84 Å². The fraction of sp³-hybridized carbons (Fsp3) is 0.333. The third-order valence-corrected chi connectivity index (χ3v) is 2.02. The van der Waals surface area contributed by atoms with Gasteiger partial charge in [0.05, 0.1) is 5.69 Å². The Bertz CT molecular complexity index is 415. The van der Waals surface area contributed by atoms with Gasteiger partial charge in [0.15, 0.2) is 6.61 Å². The second-order valence-corrected chi connectivity index (χ2v) is 3.82. The average Bonchev–Trinajstić information content (AvgIpc) is 2.27. The molecule has 0 aromatic heterocycles. The topological polar surface area (TPSA) is 75.6 Å². The first kappa shape index (κ1) is 13.0. The fourth-order valence-corrected chi connectivity index (χ4v) is 1.11. The summed E-state index contributed by atoms with van der Waals surface area (Å²) < 4.78 is 5.06. The zero-order valence-corrected chi connectivity index (χ0v) is 9.77. The molecule has 1 amide bonds. The molecule has 0 aliphatic carbocycles. The molecule has 1 aromatic rings. The number of carbonyl (C=O) groups excluding carboxylic acids is 1. The van der Waals surface area contributed by atoms with Gasteiger partial charge in [-0.1, -0.05) is 26.0 Å². The molecule has 1 rings (SSSR count). The van der Waals surface area contributed by atoms with Crippen LogP contribution in [0.25, 0.3) is 0 Å². The van der Waals surface area contributed by atoms with Gasteiger partial charge in [0.1, 0.15) is 5.75 Å². The first-order valence-corrected chi connectivity index (χ1v) is 5.25. The van der Waals surface area contributed by atoms with Crippen molar-refractivity contribution in [3.63, 3.8) is 0 Å². The zero-order valence-electron chi connectivity index (χ0n) is 9.77. The van der Waals surface area contributed by atoms with Gasteiger partial charge in [-0.25, -0.2) is 4.79 Å². The molecule has 0 radical (unpaired) electrons. The second-order valence-electron chi connectivity index (χ2n) is 3.82. The van der Waals surface area contributed by atoms with E-state index in [1.807, 2.05) is 0 Å². The Hall–Kier alpha value is -2.04. The Balaban J connectivity index is 2.77. The molecule has 0 unspecified atom stereocenters. The molecule has 92 valence electrons. The van der Waals surface area contributed by atoms with Crippen LogP contribution in [-0.2, 0) is 9.59 Å². The number of ether oxygens (including phenoxy) is 1. The van der Waals surface area contributed by atoms with Crippen LogP contribution >= 0.6 is 0 Å². The number of carboxylic acid groups (broad SMARTS) is 1. The van der Waals surface area contributed by atoms with E-state index in [0.717, 1.165) is 0 Å². The summed E-state index contributed by atoms with van der Waals surface area (Å²) in [6.07, 6.45) is 0. The quantitative estimate of drug-likeness (QED) is 0.818. The van der Waals surface area contributed by atoms with Crippen LogP contribution in [-0.4, -0.2) is 23.6 Å². The molecule has 1 aromatic carbocycles. The van der Waals surface area contributed by atoms with E-state index in [-0.39, 0.29) is 11.8 Å². The minimum Gasteiger partial charge on any atom is -0.480 e. The maximum atomic E-state index is 11.5. The van der Waals surface area contributed by atoms with Crippen molar-refractivity contribution in [2.24, 2.45) is 5.92 Å². The Labute approximate surface area is 99.4 Å². The van der Waals surface area contributed by atoms with Crippen molar-refractivity contribution in [2.75, 3.05) is 11.9 Å². The summed E-state index contributed by atoms with van der Waals surface area (Å²) in [5.41, 5.74) is 0.479. The van der Waals surface area contributed by atoms with Gasteiger partial charge < -0.3 is 15.2 Å². The largest absolute Gasteiger partial charge is 0.480 e. The summed E-state index contributed by atoms with van der Waals surface area (Å²) in [4.78, 5) is 21.9. The number of nitrogens with one attached hydrogen (secondary N) is 1. The van der Waals surface area contributed by atoms with Gasteiger partial charge in [0, 0.05) is 5.92 Å². The molecule has 0 atom stereocenters. The molecule has 5 heteroatoms. The number of para-hydroxylation sites is 2. The highest BCUT2D eigenvalue weighted by atomic mass is 16.5. The molecule has 0 bridgehead atoms. The lowest BCUT2D eigenvalue weighted by atomic mass is 10.2. The van der Waals surface area contributed by atoms with Crippen molar-refractivity contribution in [3.8, 4) is 5.75 Å². The van der Waals surface area contributed by atoms with Gasteiger partial charge in [-0.15, -0.1) is 0 Å². The standard InChI is InChI=1S/C12H15NO4/c1-8(2)12(16)13-9-5-3-4-6-10(9)17-7-11(14)15/h3-6,8H,7H2,1-2H3,(H,13,16)(H,14,15). The number of hydrogen-bond acceptors (Lipinski definition) is 3. The van der Waals surface area contributed by atoms with Crippen molar-refractivity contribution in [1.82, 2.24) is 0 Å². The van der Waals surface area contributed by atoms with Crippen LogP contribution in [0.4, 0.5) is 5.69 Å². The normalized spacial score (nSPS) is 10.1. The van der Waals surface area contributed by atoms with E-state index in [1.54, 1.807) is 38.1 Å². The molecular formula is C12H15NO4. The predicted octanol–water partition coefficient (Wildman–Crippen LogP) is 1.74. The Kier molecular flexibility index (Phi) is 4.51. The van der Waals surface area contributed by atoms with Gasteiger partial charge in [-0.05, 0) is 12.1 Å². The Morgan fingerprint density at radius 1 is 1.35 bits per heavy atom. The van der Waals surface area contributed by atoms with Gasteiger partial charge in [-0.3, -0.25) is 4.79 Å². The Morgan fingerprint density at radius 2 is 2.00 bits per heavy atom. The summed E-state index contributed by atoms with van der Waals surface area (Å²) in [5, 5.41) is 11.2. The Morgan fingerprint density at radius 3 is 2.59 bits per heavy atom. The molecule has 0 heterocycles. The average molecular weight is 237 g/mol. The molecule has 17 heavy (non-hydrogen) atoms. The highest BCUT2D eigenvalue weighted by molar-refractivity contribution is 5.93. The van der Waals surface area contributed by atoms with Crippen molar-refractivity contribution in [1.29, 1.82) is 0 Å². The summed E-state index contributed by atoms with van der Waals surface area (Å²) in [6, 6.07) is 6.72. The number of carbonyl (C=O) groups is 2. The molecule has 0 aliphatic rings. The first-order valence-electron chi connectivity index (χ1n) is 5.25. The van der Waals surface area contributed by atoms with Crippen molar-refractivity contribution >= 4 is 17.6 Å². The van der Waals surface area contributed by atoms with Crippen LogP contribution < -0.4 is 10.1 Å². The molecule has 0 saturated carbocycles. The number of aliphatic carboxylic acids is 1. The number of carboxylic acids is 1. The summed E-state index contributed by atoms with van der Waals surface area (Å²) in [5.74, 6) is -1.00. The SMILES string of the molecule is CC(C)C(=O)Nc1ccccc1OCC(=O)O. The number of benzene rings is 1. The van der Waals surface area contributed by atoms with E-state index in [0.29, 0.717) is 11.4 Å². The lowest BCUT2D eigenvalue weighted by Gasteiger charge is -2.12. The van der Waals surface area contributed by atoms with Crippen molar-refractivity contribution in [3.05, 3.63) is 24.3 Å². The van der Waals surface area contributed by atoms with Crippen LogP contribution in [0.5, 0.6) is 5.75 Å². The molecule has 0 fully saturated rings. The predicted molar refractivity (Wildman–Crippen MR) is 63.0 cm³/mol. The van der Waals surface area contributed by atoms with Gasteiger partial charge in [-0.2, -0.15) is 0 Å². The number of rotatable bonds is 5. The number of amides is 1. The van der Waals surface area contributed by atoms with Gasteiger partial charge in [0.2, 0.25) is 5.91 Å². The zero-order chi connectivity index (χ0) is 12.8. The van der Waals surface area contributed by atoms with E-state index < -0.39 is 12.6 Å². The molecule has 0 spiro atoms. The minimum absolute atomic E-state index is 0.142. The highest BCUT2D eigenvalue weighted by Gasteiger charge is 2.11. The number of hydrogen-bond donors (Lipinski definition) is 2. The smallest absolute Gasteiger partial charge is 0.341 e. The molecule has 0 aliphatic heterocycles. The van der Waals surface area contributed by atoms with Gasteiger partial charge >= 0.3 is 5.97 Å². The third-order valence-electron chi connectivity index (χ3n) is 2.02. The van der Waals surface area contributed by atoms with Crippen molar-refractivity contribution in [2.45, 2.75) is 13.8 Å². The van der Waals surface area contributed by atoms with Crippen LogP contribution in [0, 0.1) is 5.92 Å². The first-order chi connectivity index (χ1) is 8.00. The molecule has 2 N–H and O–H groups in total. The summed E-state index contributed by atoms with van der Waals surface area (Å²) >= 11 is 0. The van der Waals surface area contributed by atoms with E-state index in [2.05, 4.69) is 5.32 Å². The lowest BCUT2D eigenvalue weighted by Crippen LogP contribution is -2.19. The maximum Gasteiger partial charge on any atom is 0.341 e. The third kappa shape index (κ3) is 4.14. The van der Waals surface area contributed by atoms with Crippen LogP contribution in [0.15, 0.2) is 24.3 Å². The second kappa shape index (κ2) is 5.89. The maximum absolute atomic E-state index is 11.5. The molecular weight excluding hydrogens is 222 g/mol.